The van der Waals surface area contributed by atoms with E-state index in [1.165, 1.54) is 18.9 Å². The molecule has 0 radical (unpaired) electrons. The second-order valence-corrected chi connectivity index (χ2v) is 10.2. The van der Waals surface area contributed by atoms with E-state index in [9.17, 15) is 23.2 Å². The van der Waals surface area contributed by atoms with E-state index in [4.69, 9.17) is 10.5 Å². The first-order valence-corrected chi connectivity index (χ1v) is 12.0. The second kappa shape index (κ2) is 9.91. The monoisotopic (exact) mass is 512 g/mol. The molecular formula is C27H30F2N4O4. The van der Waals surface area contributed by atoms with E-state index in [0.717, 1.165) is 17.7 Å². The fourth-order valence-corrected chi connectivity index (χ4v) is 4.96. The Morgan fingerprint density at radius 3 is 2.54 bits per heavy atom. The van der Waals surface area contributed by atoms with Crippen molar-refractivity contribution in [3.05, 3.63) is 65.7 Å². The molecule has 0 bridgehead atoms. The Morgan fingerprint density at radius 2 is 1.89 bits per heavy atom. The van der Waals surface area contributed by atoms with Gasteiger partial charge in [-0.25, -0.2) is 13.8 Å². The number of likely N-dealkylation sites (tertiary alicyclic amines) is 1. The molecule has 0 aliphatic carbocycles. The number of hydrogen-bond donors (Lipinski definition) is 1. The summed E-state index contributed by atoms with van der Waals surface area (Å²) in [5.41, 5.74) is 4.89. The van der Waals surface area contributed by atoms with E-state index in [1.54, 1.807) is 11.9 Å². The third-order valence-electron chi connectivity index (χ3n) is 7.37. The normalized spacial score (nSPS) is 20.4. The van der Waals surface area contributed by atoms with Crippen LogP contribution in [0.4, 0.5) is 8.78 Å². The zero-order chi connectivity index (χ0) is 27.0. The quantitative estimate of drug-likeness (QED) is 0.587. The van der Waals surface area contributed by atoms with Crippen LogP contribution in [0, 0.1) is 28.4 Å². The lowest BCUT2D eigenvalue weighted by atomic mass is 9.72. The number of carbonyl (C=O) groups excluding carboxylic acids is 3. The van der Waals surface area contributed by atoms with Gasteiger partial charge in [0.2, 0.25) is 11.8 Å². The van der Waals surface area contributed by atoms with Gasteiger partial charge in [0.15, 0.2) is 11.6 Å². The van der Waals surface area contributed by atoms with Gasteiger partial charge >= 0.3 is 0 Å². The van der Waals surface area contributed by atoms with Crippen LogP contribution < -0.4 is 10.5 Å². The van der Waals surface area contributed by atoms with Gasteiger partial charge in [-0.15, -0.1) is 0 Å². The summed E-state index contributed by atoms with van der Waals surface area (Å²) in [6, 6.07) is 12.3. The van der Waals surface area contributed by atoms with Crippen molar-refractivity contribution in [1.29, 1.82) is 0 Å². The molecule has 2 aromatic carbocycles. The SMILES string of the molecule is CN1N=C2CCN(C(=O)[C@@H](COc3ccc(F)cc3F)C(C)(C)C(N)=O)C[C@@]2(Cc2ccccc2)C1=O. The third-order valence-corrected chi connectivity index (χ3v) is 7.37. The molecular weight excluding hydrogens is 482 g/mol. The molecule has 0 saturated carbocycles. The summed E-state index contributed by atoms with van der Waals surface area (Å²) in [6.45, 7) is 3.03. The number of amides is 3. The maximum absolute atomic E-state index is 14.2. The molecule has 0 unspecified atom stereocenters. The Morgan fingerprint density at radius 1 is 1.19 bits per heavy atom. The molecule has 10 heteroatoms. The average Bonchev–Trinajstić information content (AvgIpc) is 3.09. The molecule has 2 atom stereocenters. The van der Waals surface area contributed by atoms with E-state index in [1.807, 2.05) is 30.3 Å². The first kappa shape index (κ1) is 26.2. The molecule has 2 N–H and O–H groups in total. The zero-order valence-corrected chi connectivity index (χ0v) is 21.0. The van der Waals surface area contributed by atoms with Gasteiger partial charge in [-0.05, 0) is 24.1 Å². The highest BCUT2D eigenvalue weighted by Gasteiger charge is 2.54. The molecule has 2 aromatic rings. The molecule has 3 amide bonds. The highest BCUT2D eigenvalue weighted by Crippen LogP contribution is 2.40. The number of nitrogens with zero attached hydrogens (tertiary/aromatic N) is 3. The number of primary amides is 1. The molecule has 0 spiro atoms. The predicted octanol–water partition coefficient (Wildman–Crippen LogP) is 2.76. The minimum Gasteiger partial charge on any atom is -0.490 e. The van der Waals surface area contributed by atoms with Crippen LogP contribution in [0.25, 0.3) is 0 Å². The number of hydrogen-bond acceptors (Lipinski definition) is 5. The lowest BCUT2D eigenvalue weighted by Gasteiger charge is -2.42. The van der Waals surface area contributed by atoms with Gasteiger partial charge in [0, 0.05) is 32.6 Å². The number of benzene rings is 2. The van der Waals surface area contributed by atoms with E-state index in [-0.39, 0.29) is 31.4 Å². The van der Waals surface area contributed by atoms with Gasteiger partial charge in [-0.2, -0.15) is 5.10 Å². The van der Waals surface area contributed by atoms with Gasteiger partial charge in [-0.1, -0.05) is 44.2 Å². The lowest BCUT2D eigenvalue weighted by Crippen LogP contribution is -2.58. The molecule has 2 heterocycles. The fourth-order valence-electron chi connectivity index (χ4n) is 4.96. The minimum absolute atomic E-state index is 0.0684. The van der Waals surface area contributed by atoms with E-state index in [0.29, 0.717) is 24.6 Å². The van der Waals surface area contributed by atoms with Crippen molar-refractivity contribution in [3.8, 4) is 5.75 Å². The topological polar surface area (TPSA) is 105 Å². The van der Waals surface area contributed by atoms with Crippen LogP contribution in [0.3, 0.4) is 0 Å². The maximum atomic E-state index is 14.2. The molecule has 196 valence electrons. The highest BCUT2D eigenvalue weighted by molar-refractivity contribution is 6.13. The number of ether oxygens (including phenoxy) is 1. The number of fused-ring (bicyclic) bond motifs is 1. The van der Waals surface area contributed by atoms with Crippen molar-refractivity contribution in [2.75, 3.05) is 26.7 Å². The van der Waals surface area contributed by atoms with Gasteiger partial charge in [0.05, 0.1) is 17.0 Å². The smallest absolute Gasteiger partial charge is 0.256 e. The lowest BCUT2D eigenvalue weighted by molar-refractivity contribution is -0.149. The Bertz CT molecular complexity index is 1250. The standard InChI is InChI=1S/C27H30F2N4O4/c1-26(2,24(30)35)19(15-37-21-10-9-18(28)13-20(21)29)23(34)33-12-11-22-27(16-33,25(36)32(3)31-22)14-17-7-5-4-6-8-17/h4-10,13,19H,11-12,14-16H2,1-3H3,(H2,30,35)/t19-,27-/m1/s1. The van der Waals surface area contributed by atoms with Crippen LogP contribution in [0.5, 0.6) is 5.75 Å². The van der Waals surface area contributed by atoms with Crippen LogP contribution in [0.1, 0.15) is 25.8 Å². The fraction of sp³-hybridized carbons (Fsp3) is 0.407. The van der Waals surface area contributed by atoms with Crippen LogP contribution in [0.15, 0.2) is 53.6 Å². The summed E-state index contributed by atoms with van der Waals surface area (Å²) in [6.07, 6.45) is 0.743. The van der Waals surface area contributed by atoms with Crippen molar-refractivity contribution in [2.24, 2.45) is 27.6 Å². The minimum atomic E-state index is -1.36. The van der Waals surface area contributed by atoms with Gasteiger partial charge in [0.25, 0.3) is 5.91 Å². The van der Waals surface area contributed by atoms with Gasteiger partial charge in [-0.3, -0.25) is 14.4 Å². The van der Waals surface area contributed by atoms with Crippen LogP contribution in [-0.4, -0.2) is 60.1 Å². The zero-order valence-electron chi connectivity index (χ0n) is 21.0. The Labute approximate surface area is 214 Å². The molecule has 8 nitrogen and oxygen atoms in total. The van der Waals surface area contributed by atoms with Gasteiger partial charge < -0.3 is 15.4 Å². The average molecular weight is 513 g/mol. The predicted molar refractivity (Wildman–Crippen MR) is 132 cm³/mol. The third kappa shape index (κ3) is 4.92. The molecule has 37 heavy (non-hydrogen) atoms. The second-order valence-electron chi connectivity index (χ2n) is 10.2. The molecule has 4 rings (SSSR count). The summed E-state index contributed by atoms with van der Waals surface area (Å²) in [5, 5.41) is 5.78. The summed E-state index contributed by atoms with van der Waals surface area (Å²) in [4.78, 5) is 41.2. The Kier molecular flexibility index (Phi) is 7.03. The van der Waals surface area contributed by atoms with Crippen molar-refractivity contribution in [3.63, 3.8) is 0 Å². The highest BCUT2D eigenvalue weighted by atomic mass is 19.1. The number of nitrogens with two attached hydrogens (primary N) is 1. The molecule has 1 saturated heterocycles. The van der Waals surface area contributed by atoms with E-state index in [2.05, 4.69) is 5.10 Å². The first-order chi connectivity index (χ1) is 17.5. The van der Waals surface area contributed by atoms with Crippen molar-refractivity contribution >= 4 is 23.4 Å². The number of rotatable bonds is 8. The summed E-state index contributed by atoms with van der Waals surface area (Å²) >= 11 is 0. The molecule has 0 aromatic heterocycles. The number of carbonyl (C=O) groups is 3. The Hall–Kier alpha value is -3.82. The summed E-state index contributed by atoms with van der Waals surface area (Å²) in [5.74, 6) is -4.42. The van der Waals surface area contributed by atoms with E-state index >= 15 is 0 Å². The molecule has 1 fully saturated rings. The van der Waals surface area contributed by atoms with Crippen molar-refractivity contribution < 1.29 is 27.9 Å². The van der Waals surface area contributed by atoms with Crippen LogP contribution >= 0.6 is 0 Å². The summed E-state index contributed by atoms with van der Waals surface area (Å²) in [7, 11) is 1.59. The Balaban J connectivity index is 1.63. The van der Waals surface area contributed by atoms with Crippen molar-refractivity contribution in [2.45, 2.75) is 26.7 Å². The van der Waals surface area contributed by atoms with E-state index < -0.39 is 40.2 Å². The largest absolute Gasteiger partial charge is 0.490 e. The number of halogens is 2. The van der Waals surface area contributed by atoms with Crippen molar-refractivity contribution in [1.82, 2.24) is 9.91 Å². The molecule has 2 aliphatic heterocycles. The van der Waals surface area contributed by atoms with Crippen LogP contribution in [0.2, 0.25) is 0 Å². The molecule has 2 aliphatic rings. The van der Waals surface area contributed by atoms with Gasteiger partial charge in [0.1, 0.15) is 17.8 Å². The maximum Gasteiger partial charge on any atom is 0.256 e. The number of hydrazone groups is 1. The first-order valence-electron chi connectivity index (χ1n) is 12.0. The van der Waals surface area contributed by atoms with Crippen LogP contribution in [-0.2, 0) is 20.8 Å². The number of piperidine rings is 1. The summed E-state index contributed by atoms with van der Waals surface area (Å²) < 4.78 is 33.1.